The molecule has 4 aliphatic rings. The summed E-state index contributed by atoms with van der Waals surface area (Å²) in [5.74, 6) is -7.16. The number of hydrogen-bond donors (Lipinski definition) is 1. The number of amides is 2. The van der Waals surface area contributed by atoms with Crippen molar-refractivity contribution in [3.8, 4) is 11.5 Å². The molecule has 0 unspecified atom stereocenters. The molecular formula is C39H34F3NO6. The molecule has 0 spiro atoms. The maximum absolute atomic E-state index is 15.0. The molecule has 3 aromatic carbocycles. The number of benzene rings is 3. The SMILES string of the molecule is CC(C)(C)N1C(=O)[C@H]2[C@H](CC=C3[C@H]2C[C@H]2C(=O)C(c4ccccc4)=CC(=O)[C@@]2(c2ccccc2)[C@H]3c2cc(OC(F)(F)F)ccc2O)C1=O. The third-order valence-electron chi connectivity index (χ3n) is 10.6. The van der Waals surface area contributed by atoms with Gasteiger partial charge in [0.25, 0.3) is 0 Å². The average Bonchev–Trinajstić information content (AvgIpc) is 3.32. The minimum absolute atomic E-state index is 0.0314. The minimum Gasteiger partial charge on any atom is -0.508 e. The highest BCUT2D eigenvalue weighted by molar-refractivity contribution is 6.31. The molecule has 2 amide bonds. The van der Waals surface area contributed by atoms with Gasteiger partial charge in [0, 0.05) is 28.5 Å². The summed E-state index contributed by atoms with van der Waals surface area (Å²) in [4.78, 5) is 59.2. The Hall–Kier alpha value is -4.99. The molecule has 1 aliphatic heterocycles. The number of hydrogen-bond acceptors (Lipinski definition) is 6. The van der Waals surface area contributed by atoms with Gasteiger partial charge in [-0.2, -0.15) is 0 Å². The standard InChI is InChI=1S/C39H34F3NO6/c1-37(2,3)43-35(47)25-16-15-24-27(32(25)36(43)48)19-29-34(46)26(21-10-6-4-7-11-21)20-31(45)38(29,22-12-8-5-9-13-22)33(24)28-18-23(14-17-30(28)44)49-39(40,41)42/h4-15,17-18,20,25,27,29,32-33,44H,16,19H2,1-3H3/t25-,27+,29-,32-,33+,38-/m0/s1. The molecule has 0 bridgehead atoms. The van der Waals surface area contributed by atoms with Gasteiger partial charge in [0.2, 0.25) is 11.8 Å². The Bertz CT molecular complexity index is 1940. The number of alkyl halides is 3. The van der Waals surface area contributed by atoms with Crippen molar-refractivity contribution in [2.24, 2.45) is 23.7 Å². The number of carbonyl (C=O) groups is 4. The number of phenols is 1. The van der Waals surface area contributed by atoms with Crippen LogP contribution in [0.5, 0.6) is 11.5 Å². The van der Waals surface area contributed by atoms with Crippen molar-refractivity contribution in [1.29, 1.82) is 0 Å². The van der Waals surface area contributed by atoms with E-state index < -0.39 is 70.1 Å². The van der Waals surface area contributed by atoms with Gasteiger partial charge in [0.1, 0.15) is 11.5 Å². The quantitative estimate of drug-likeness (QED) is 0.239. The minimum atomic E-state index is -5.04. The van der Waals surface area contributed by atoms with Gasteiger partial charge in [-0.1, -0.05) is 72.3 Å². The van der Waals surface area contributed by atoms with E-state index in [1.165, 1.54) is 11.0 Å². The summed E-state index contributed by atoms with van der Waals surface area (Å²) in [6, 6.07) is 20.4. The molecule has 1 heterocycles. The van der Waals surface area contributed by atoms with E-state index in [0.717, 1.165) is 18.2 Å². The first-order chi connectivity index (χ1) is 23.1. The predicted molar refractivity (Wildman–Crippen MR) is 173 cm³/mol. The summed E-state index contributed by atoms with van der Waals surface area (Å²) in [5.41, 5.74) is -0.909. The molecule has 10 heteroatoms. The van der Waals surface area contributed by atoms with Crippen molar-refractivity contribution in [1.82, 2.24) is 4.90 Å². The molecule has 7 rings (SSSR count). The zero-order valence-corrected chi connectivity index (χ0v) is 27.0. The van der Waals surface area contributed by atoms with E-state index in [2.05, 4.69) is 4.74 Å². The van der Waals surface area contributed by atoms with Crippen LogP contribution in [-0.2, 0) is 24.6 Å². The summed E-state index contributed by atoms with van der Waals surface area (Å²) < 4.78 is 44.8. The van der Waals surface area contributed by atoms with Crippen LogP contribution < -0.4 is 4.74 Å². The largest absolute Gasteiger partial charge is 0.573 e. The van der Waals surface area contributed by atoms with Gasteiger partial charge in [0.15, 0.2) is 11.6 Å². The van der Waals surface area contributed by atoms with Crippen LogP contribution in [-0.4, -0.2) is 45.3 Å². The number of fused-ring (bicyclic) bond motifs is 4. The van der Waals surface area contributed by atoms with Crippen molar-refractivity contribution < 1.29 is 42.2 Å². The van der Waals surface area contributed by atoms with E-state index in [4.69, 9.17) is 0 Å². The van der Waals surface area contributed by atoms with Crippen LogP contribution in [0.25, 0.3) is 5.57 Å². The number of ketones is 2. The highest BCUT2D eigenvalue weighted by atomic mass is 19.4. The van der Waals surface area contributed by atoms with Crippen molar-refractivity contribution in [3.63, 3.8) is 0 Å². The topological polar surface area (TPSA) is 101 Å². The lowest BCUT2D eigenvalue weighted by molar-refractivity contribution is -0.274. The normalized spacial score (nSPS) is 28.4. The van der Waals surface area contributed by atoms with Crippen LogP contribution in [0, 0.1) is 23.7 Å². The van der Waals surface area contributed by atoms with E-state index in [-0.39, 0.29) is 35.7 Å². The Labute approximate surface area is 281 Å². The fraction of sp³-hybridized carbons (Fsp3) is 0.333. The second kappa shape index (κ2) is 11.3. The van der Waals surface area contributed by atoms with Crippen molar-refractivity contribution >= 4 is 29.0 Å². The first kappa shape index (κ1) is 32.6. The molecule has 1 N–H and O–H groups in total. The Morgan fingerprint density at radius 1 is 0.857 bits per heavy atom. The van der Waals surface area contributed by atoms with Crippen LogP contribution in [0.15, 0.2) is 96.6 Å². The van der Waals surface area contributed by atoms with Crippen LogP contribution in [0.1, 0.15) is 56.2 Å². The first-order valence-corrected chi connectivity index (χ1v) is 16.2. The molecule has 49 heavy (non-hydrogen) atoms. The molecular weight excluding hydrogens is 635 g/mol. The number of halogens is 3. The van der Waals surface area contributed by atoms with Crippen molar-refractivity contribution in [3.05, 3.63) is 113 Å². The molecule has 2 fully saturated rings. The Morgan fingerprint density at radius 3 is 2.14 bits per heavy atom. The molecule has 1 saturated heterocycles. The van der Waals surface area contributed by atoms with E-state index in [0.29, 0.717) is 16.7 Å². The number of imide groups is 1. The number of phenolic OH excluding ortho intramolecular Hbond substituents is 1. The number of rotatable bonds is 4. The fourth-order valence-electron chi connectivity index (χ4n) is 8.84. The lowest BCUT2D eigenvalue weighted by Gasteiger charge is -2.55. The number of nitrogens with zero attached hydrogens (tertiary/aromatic N) is 1. The number of allylic oxidation sites excluding steroid dienone is 4. The highest BCUT2D eigenvalue weighted by Crippen LogP contribution is 2.64. The Morgan fingerprint density at radius 2 is 1.51 bits per heavy atom. The van der Waals surface area contributed by atoms with Crippen molar-refractivity contribution in [2.75, 3.05) is 0 Å². The molecule has 0 aromatic heterocycles. The van der Waals surface area contributed by atoms with Gasteiger partial charge in [-0.15, -0.1) is 13.2 Å². The van der Waals surface area contributed by atoms with E-state index in [9.17, 15) is 32.7 Å². The van der Waals surface area contributed by atoms with E-state index >= 15 is 4.79 Å². The Balaban J connectivity index is 1.52. The zero-order chi connectivity index (χ0) is 35.0. The highest BCUT2D eigenvalue weighted by Gasteiger charge is 2.66. The fourth-order valence-corrected chi connectivity index (χ4v) is 8.84. The van der Waals surface area contributed by atoms with E-state index in [1.54, 1.807) is 87.5 Å². The van der Waals surface area contributed by atoms with Gasteiger partial charge < -0.3 is 9.84 Å². The molecule has 0 radical (unpaired) electrons. The van der Waals surface area contributed by atoms with E-state index in [1.807, 2.05) is 0 Å². The Kier molecular flexibility index (Phi) is 7.50. The molecule has 6 atom stereocenters. The van der Waals surface area contributed by atoms with Crippen LogP contribution in [0.2, 0.25) is 0 Å². The predicted octanol–water partition coefficient (Wildman–Crippen LogP) is 6.91. The second-order valence-corrected chi connectivity index (χ2v) is 14.2. The first-order valence-electron chi connectivity index (χ1n) is 16.2. The van der Waals surface area contributed by atoms with Gasteiger partial charge in [0.05, 0.1) is 17.3 Å². The molecule has 3 aliphatic carbocycles. The molecule has 1 saturated carbocycles. The summed E-state index contributed by atoms with van der Waals surface area (Å²) in [6.45, 7) is 5.30. The number of aromatic hydroxyl groups is 1. The average molecular weight is 670 g/mol. The third kappa shape index (κ3) is 5.02. The van der Waals surface area contributed by atoms with Crippen LogP contribution in [0.3, 0.4) is 0 Å². The summed E-state index contributed by atoms with van der Waals surface area (Å²) in [7, 11) is 0. The lowest BCUT2D eigenvalue weighted by Crippen LogP contribution is -2.59. The maximum atomic E-state index is 15.0. The van der Waals surface area contributed by atoms with Gasteiger partial charge >= 0.3 is 6.36 Å². The molecule has 3 aromatic rings. The number of Topliss-reactive ketones (excluding diaryl/α,β-unsaturated/α-hetero) is 1. The second-order valence-electron chi connectivity index (χ2n) is 14.2. The maximum Gasteiger partial charge on any atom is 0.573 e. The van der Waals surface area contributed by atoms with Crippen LogP contribution >= 0.6 is 0 Å². The van der Waals surface area contributed by atoms with Crippen molar-refractivity contribution in [2.45, 2.75) is 56.8 Å². The zero-order valence-electron chi connectivity index (χ0n) is 27.0. The summed E-state index contributed by atoms with van der Waals surface area (Å²) in [5, 5.41) is 11.4. The van der Waals surface area contributed by atoms with Gasteiger partial charge in [-0.3, -0.25) is 24.1 Å². The smallest absolute Gasteiger partial charge is 0.508 e. The van der Waals surface area contributed by atoms with Gasteiger partial charge in [-0.05, 0) is 74.9 Å². The number of carbonyl (C=O) groups excluding carboxylic acids is 4. The monoisotopic (exact) mass is 669 g/mol. The van der Waals surface area contributed by atoms with Gasteiger partial charge in [-0.25, -0.2) is 0 Å². The van der Waals surface area contributed by atoms with Crippen LogP contribution in [0.4, 0.5) is 13.2 Å². The third-order valence-corrected chi connectivity index (χ3v) is 10.6. The summed E-state index contributed by atoms with van der Waals surface area (Å²) in [6.07, 6.45) is -1.77. The summed E-state index contributed by atoms with van der Waals surface area (Å²) >= 11 is 0. The lowest BCUT2D eigenvalue weighted by atomic mass is 9.44. The number of likely N-dealkylation sites (tertiary alicyclic amines) is 1. The molecule has 252 valence electrons. The number of ether oxygens (including phenoxy) is 1. The molecule has 7 nitrogen and oxygen atoms in total.